The summed E-state index contributed by atoms with van der Waals surface area (Å²) in [5, 5.41) is 0. The van der Waals surface area contributed by atoms with Gasteiger partial charge in [0.25, 0.3) is 0 Å². The summed E-state index contributed by atoms with van der Waals surface area (Å²) >= 11 is 0. The van der Waals surface area contributed by atoms with Crippen LogP contribution >= 0.6 is 0 Å². The van der Waals surface area contributed by atoms with Crippen molar-refractivity contribution in [3.05, 3.63) is 90.0 Å². The molecule has 0 saturated carbocycles. The second kappa shape index (κ2) is 8.46. The number of aromatic nitrogens is 2. The third kappa shape index (κ3) is 3.73. The van der Waals surface area contributed by atoms with Gasteiger partial charge in [0.1, 0.15) is 17.4 Å². The van der Waals surface area contributed by atoms with Gasteiger partial charge in [-0.05, 0) is 48.9 Å². The number of para-hydroxylation sites is 4. The van der Waals surface area contributed by atoms with Gasteiger partial charge in [-0.3, -0.25) is 4.79 Å². The molecule has 0 unspecified atom stereocenters. The summed E-state index contributed by atoms with van der Waals surface area (Å²) in [7, 11) is 0. The Kier molecular flexibility index (Phi) is 5.35. The minimum Gasteiger partial charge on any atom is -0.492 e. The van der Waals surface area contributed by atoms with Crippen LogP contribution in [0.2, 0.25) is 0 Å². The molecule has 1 atom stereocenters. The third-order valence-corrected chi connectivity index (χ3v) is 5.88. The number of hydrogen-bond acceptors (Lipinski definition) is 3. The summed E-state index contributed by atoms with van der Waals surface area (Å²) in [6.07, 6.45) is 0.382. The lowest BCUT2D eigenvalue weighted by Crippen LogP contribution is -2.25. The van der Waals surface area contributed by atoms with Gasteiger partial charge in [-0.15, -0.1) is 0 Å². The minimum atomic E-state index is -0.255. The van der Waals surface area contributed by atoms with E-state index in [-0.39, 0.29) is 17.6 Å². The molecule has 1 saturated heterocycles. The number of fused-ring (bicyclic) bond motifs is 1. The fourth-order valence-electron chi connectivity index (χ4n) is 4.42. The van der Waals surface area contributed by atoms with Gasteiger partial charge < -0.3 is 14.2 Å². The molecule has 0 spiro atoms. The number of carbonyl (C=O) groups excluding carboxylic acids is 1. The molecule has 1 fully saturated rings. The largest absolute Gasteiger partial charge is 0.492 e. The molecule has 1 aromatic heterocycles. The molecule has 32 heavy (non-hydrogen) atoms. The van der Waals surface area contributed by atoms with Crippen LogP contribution in [-0.4, -0.2) is 28.6 Å². The zero-order chi connectivity index (χ0) is 22.1. The quantitative estimate of drug-likeness (QED) is 0.426. The topological polar surface area (TPSA) is 47.4 Å². The van der Waals surface area contributed by atoms with E-state index in [1.807, 2.05) is 55.5 Å². The summed E-state index contributed by atoms with van der Waals surface area (Å²) in [5.74, 6) is 1.34. The smallest absolute Gasteiger partial charge is 0.227 e. The maximum absolute atomic E-state index is 13.4. The highest BCUT2D eigenvalue weighted by Gasteiger charge is 2.36. The minimum absolute atomic E-state index is 0.0509. The first-order valence-corrected chi connectivity index (χ1v) is 10.9. The van der Waals surface area contributed by atoms with E-state index in [0.29, 0.717) is 31.9 Å². The van der Waals surface area contributed by atoms with Crippen molar-refractivity contribution in [1.29, 1.82) is 0 Å². The lowest BCUT2D eigenvalue weighted by atomic mass is 10.1. The summed E-state index contributed by atoms with van der Waals surface area (Å²) in [6.45, 7) is 3.57. The van der Waals surface area contributed by atoms with Crippen molar-refractivity contribution in [2.24, 2.45) is 0 Å². The van der Waals surface area contributed by atoms with Crippen LogP contribution in [0.3, 0.4) is 0 Å². The molecule has 0 aliphatic carbocycles. The van der Waals surface area contributed by atoms with Gasteiger partial charge in [0.15, 0.2) is 0 Å². The maximum Gasteiger partial charge on any atom is 0.227 e. The van der Waals surface area contributed by atoms with Crippen molar-refractivity contribution < 1.29 is 13.9 Å². The Morgan fingerprint density at radius 1 is 1.03 bits per heavy atom. The zero-order valence-corrected chi connectivity index (χ0v) is 17.9. The number of anilines is 1. The lowest BCUT2D eigenvalue weighted by Gasteiger charge is -2.20. The summed E-state index contributed by atoms with van der Waals surface area (Å²) in [6, 6.07) is 22.1. The normalized spacial score (nSPS) is 16.1. The number of imidazole rings is 1. The number of carbonyl (C=O) groups is 1. The second-order valence-electron chi connectivity index (χ2n) is 7.98. The van der Waals surface area contributed by atoms with Gasteiger partial charge >= 0.3 is 0 Å². The van der Waals surface area contributed by atoms with Crippen LogP contribution in [0, 0.1) is 5.82 Å². The first-order valence-electron chi connectivity index (χ1n) is 10.9. The van der Waals surface area contributed by atoms with Gasteiger partial charge in [-0.1, -0.05) is 36.4 Å². The van der Waals surface area contributed by atoms with Gasteiger partial charge in [-0.25, -0.2) is 9.37 Å². The van der Waals surface area contributed by atoms with Crippen molar-refractivity contribution in [2.75, 3.05) is 18.1 Å². The summed E-state index contributed by atoms with van der Waals surface area (Å²) in [4.78, 5) is 19.7. The zero-order valence-electron chi connectivity index (χ0n) is 17.9. The Labute approximate surface area is 186 Å². The fraction of sp³-hybridized carbons (Fsp3) is 0.231. The molecule has 1 aliphatic heterocycles. The number of ether oxygens (including phenoxy) is 1. The maximum atomic E-state index is 13.4. The number of halogens is 1. The molecule has 0 bridgehead atoms. The van der Waals surface area contributed by atoms with Crippen molar-refractivity contribution in [2.45, 2.75) is 25.8 Å². The predicted octanol–water partition coefficient (Wildman–Crippen LogP) is 5.14. The molecule has 5 rings (SSSR count). The van der Waals surface area contributed by atoms with Gasteiger partial charge in [0, 0.05) is 25.4 Å². The number of nitrogens with zero attached hydrogens (tertiary/aromatic N) is 3. The number of amides is 1. The van der Waals surface area contributed by atoms with Crippen LogP contribution < -0.4 is 9.64 Å². The van der Waals surface area contributed by atoms with E-state index in [1.165, 1.54) is 12.1 Å². The van der Waals surface area contributed by atoms with Crippen molar-refractivity contribution in [3.8, 4) is 5.75 Å². The fourth-order valence-corrected chi connectivity index (χ4v) is 4.42. The molecule has 1 amide bonds. The van der Waals surface area contributed by atoms with Gasteiger partial charge in [-0.2, -0.15) is 0 Å². The van der Waals surface area contributed by atoms with Crippen LogP contribution in [-0.2, 0) is 11.3 Å². The molecular weight excluding hydrogens is 405 g/mol. The Morgan fingerprint density at radius 2 is 1.78 bits per heavy atom. The molecule has 5 nitrogen and oxygen atoms in total. The molecular formula is C26H24FN3O2. The highest BCUT2D eigenvalue weighted by Crippen LogP contribution is 2.37. The molecule has 6 heteroatoms. The molecule has 0 N–H and O–H groups in total. The van der Waals surface area contributed by atoms with E-state index in [9.17, 15) is 9.18 Å². The highest BCUT2D eigenvalue weighted by molar-refractivity contribution is 5.97. The summed E-state index contributed by atoms with van der Waals surface area (Å²) in [5.41, 5.74) is 3.68. The monoisotopic (exact) mass is 429 g/mol. The molecule has 162 valence electrons. The van der Waals surface area contributed by atoms with E-state index in [4.69, 9.17) is 9.72 Å². The average Bonchev–Trinajstić information content (AvgIpc) is 3.36. The molecule has 0 radical (unpaired) electrons. The first-order chi connectivity index (χ1) is 15.6. The third-order valence-electron chi connectivity index (χ3n) is 5.88. The highest BCUT2D eigenvalue weighted by atomic mass is 19.1. The van der Waals surface area contributed by atoms with E-state index in [0.717, 1.165) is 28.1 Å². The second-order valence-corrected chi connectivity index (χ2v) is 7.98. The van der Waals surface area contributed by atoms with Crippen molar-refractivity contribution in [1.82, 2.24) is 9.55 Å². The molecule has 1 aliphatic rings. The molecule has 4 aromatic rings. The van der Waals surface area contributed by atoms with E-state index in [2.05, 4.69) is 4.57 Å². The Morgan fingerprint density at radius 3 is 2.59 bits per heavy atom. The van der Waals surface area contributed by atoms with Crippen LogP contribution in [0.4, 0.5) is 10.1 Å². The van der Waals surface area contributed by atoms with Gasteiger partial charge in [0.2, 0.25) is 5.91 Å². The number of rotatable bonds is 6. The van der Waals surface area contributed by atoms with E-state index >= 15 is 0 Å². The Hall–Kier alpha value is -3.67. The number of hydrogen-bond donors (Lipinski definition) is 0. The van der Waals surface area contributed by atoms with Crippen LogP contribution in [0.25, 0.3) is 11.0 Å². The standard InChI is InChI=1S/C26H24FN3O2/c1-2-32-24-10-6-5-9-23(24)29-17-19(15-25(29)31)26-28-21-7-3-4-8-22(21)30(26)16-18-11-13-20(27)14-12-18/h3-14,19H,2,15-17H2,1H3/t19-/m1/s1. The summed E-state index contributed by atoms with van der Waals surface area (Å²) < 4.78 is 21.3. The SMILES string of the molecule is CCOc1ccccc1N1C[C@H](c2nc3ccccc3n2Cc2ccc(F)cc2)CC1=O. The average molecular weight is 429 g/mol. The van der Waals surface area contributed by atoms with E-state index in [1.54, 1.807) is 17.0 Å². The Bertz CT molecular complexity index is 1270. The molecule has 3 aromatic carbocycles. The van der Waals surface area contributed by atoms with Crippen LogP contribution in [0.1, 0.15) is 30.7 Å². The van der Waals surface area contributed by atoms with Crippen molar-refractivity contribution >= 4 is 22.6 Å². The predicted molar refractivity (Wildman–Crippen MR) is 123 cm³/mol. The van der Waals surface area contributed by atoms with Crippen LogP contribution in [0.15, 0.2) is 72.8 Å². The van der Waals surface area contributed by atoms with Crippen LogP contribution in [0.5, 0.6) is 5.75 Å². The van der Waals surface area contributed by atoms with Crippen molar-refractivity contribution in [3.63, 3.8) is 0 Å². The number of benzene rings is 3. The van der Waals surface area contributed by atoms with Gasteiger partial charge in [0.05, 0.1) is 23.3 Å². The first kappa shape index (κ1) is 20.2. The lowest BCUT2D eigenvalue weighted by molar-refractivity contribution is -0.117. The van der Waals surface area contributed by atoms with E-state index < -0.39 is 0 Å². The molecule has 2 heterocycles. The Balaban J connectivity index is 1.51.